The van der Waals surface area contributed by atoms with E-state index in [0.29, 0.717) is 12.7 Å². The number of nitrogens with zero attached hydrogens (tertiary/aromatic N) is 1. The molecular formula is C20H22F4N2O. The van der Waals surface area contributed by atoms with E-state index in [0.717, 1.165) is 43.9 Å². The van der Waals surface area contributed by atoms with Gasteiger partial charge in [-0.2, -0.15) is 13.2 Å². The van der Waals surface area contributed by atoms with Crippen LogP contribution in [0.5, 0.6) is 0 Å². The number of hydrogen-bond donors (Lipinski definition) is 1. The molecule has 0 amide bonds. The summed E-state index contributed by atoms with van der Waals surface area (Å²) in [6.07, 6.45) is -4.58. The van der Waals surface area contributed by atoms with Gasteiger partial charge in [-0.25, -0.2) is 4.39 Å². The van der Waals surface area contributed by atoms with E-state index >= 15 is 0 Å². The molecule has 0 aliphatic carbocycles. The first-order valence-corrected chi connectivity index (χ1v) is 8.87. The Labute approximate surface area is 155 Å². The first kappa shape index (κ1) is 19.8. The Morgan fingerprint density at radius 2 is 1.74 bits per heavy atom. The van der Waals surface area contributed by atoms with E-state index in [1.165, 1.54) is 0 Å². The second-order valence-corrected chi connectivity index (χ2v) is 6.57. The lowest BCUT2D eigenvalue weighted by atomic mass is 10.1. The highest BCUT2D eigenvalue weighted by Gasteiger charge is 2.31. The lowest BCUT2D eigenvalue weighted by Gasteiger charge is -2.35. The van der Waals surface area contributed by atoms with Crippen LogP contribution < -0.4 is 5.32 Å². The van der Waals surface area contributed by atoms with Crippen molar-refractivity contribution in [2.75, 3.05) is 32.8 Å². The minimum Gasteiger partial charge on any atom is -0.375 e. The van der Waals surface area contributed by atoms with Crippen molar-refractivity contribution in [1.29, 1.82) is 0 Å². The van der Waals surface area contributed by atoms with Crippen molar-refractivity contribution in [3.8, 4) is 0 Å². The van der Waals surface area contributed by atoms with Gasteiger partial charge in [-0.1, -0.05) is 30.3 Å². The molecule has 1 N–H and O–H groups in total. The van der Waals surface area contributed by atoms with Crippen LogP contribution in [0, 0.1) is 5.82 Å². The number of nitrogens with one attached hydrogen (secondary N) is 1. The normalized spacial score (nSPS) is 17.0. The highest BCUT2D eigenvalue weighted by Crippen LogP contribution is 2.30. The third-order valence-electron chi connectivity index (χ3n) is 4.61. The topological polar surface area (TPSA) is 24.5 Å². The molecule has 1 heterocycles. The third-order valence-corrected chi connectivity index (χ3v) is 4.61. The molecule has 7 heteroatoms. The van der Waals surface area contributed by atoms with Gasteiger partial charge < -0.3 is 10.1 Å². The maximum atomic E-state index is 13.5. The average molecular weight is 382 g/mol. The maximum Gasteiger partial charge on any atom is 0.416 e. The van der Waals surface area contributed by atoms with E-state index in [1.807, 2.05) is 30.3 Å². The summed E-state index contributed by atoms with van der Waals surface area (Å²) in [4.78, 5) is 2.29. The lowest BCUT2D eigenvalue weighted by Crippen LogP contribution is -2.46. The van der Waals surface area contributed by atoms with Gasteiger partial charge in [0.1, 0.15) is 5.82 Å². The molecule has 27 heavy (non-hydrogen) atoms. The van der Waals surface area contributed by atoms with Crippen molar-refractivity contribution in [3.05, 3.63) is 71.0 Å². The molecule has 0 bridgehead atoms. The Morgan fingerprint density at radius 3 is 2.41 bits per heavy atom. The summed E-state index contributed by atoms with van der Waals surface area (Å²) in [5.74, 6) is -0.912. The molecule has 146 valence electrons. The molecule has 1 atom stereocenters. The van der Waals surface area contributed by atoms with Crippen LogP contribution in [0.25, 0.3) is 0 Å². The molecule has 0 aromatic heterocycles. The second kappa shape index (κ2) is 8.82. The highest BCUT2D eigenvalue weighted by molar-refractivity contribution is 5.26. The van der Waals surface area contributed by atoms with Crippen LogP contribution in [0.15, 0.2) is 48.5 Å². The van der Waals surface area contributed by atoms with Gasteiger partial charge in [-0.05, 0) is 29.3 Å². The van der Waals surface area contributed by atoms with E-state index in [-0.39, 0.29) is 18.2 Å². The highest BCUT2D eigenvalue weighted by atomic mass is 19.4. The smallest absolute Gasteiger partial charge is 0.375 e. The molecule has 1 fully saturated rings. The molecule has 3 rings (SSSR count). The zero-order chi connectivity index (χ0) is 19.3. The standard InChI is InChI=1S/C20H22F4N2O/c21-18-11-15(10-17(12-18)20(22,23)24)13-27-14-19(16-4-2-1-3-5-16)26-8-6-25-7-9-26/h1-5,10-12,19,25H,6-9,13-14H2. The van der Waals surface area contributed by atoms with Gasteiger partial charge in [0.25, 0.3) is 0 Å². The van der Waals surface area contributed by atoms with Crippen LogP contribution in [0.2, 0.25) is 0 Å². The van der Waals surface area contributed by atoms with Crippen molar-refractivity contribution in [2.45, 2.75) is 18.8 Å². The van der Waals surface area contributed by atoms with E-state index < -0.39 is 17.6 Å². The van der Waals surface area contributed by atoms with Crippen molar-refractivity contribution in [3.63, 3.8) is 0 Å². The van der Waals surface area contributed by atoms with Gasteiger partial charge in [0.05, 0.1) is 24.8 Å². The number of alkyl halides is 3. The molecule has 2 aromatic carbocycles. The number of ether oxygens (including phenoxy) is 1. The Morgan fingerprint density at radius 1 is 1.04 bits per heavy atom. The van der Waals surface area contributed by atoms with Crippen LogP contribution >= 0.6 is 0 Å². The number of hydrogen-bond acceptors (Lipinski definition) is 3. The van der Waals surface area contributed by atoms with Gasteiger partial charge in [-0.3, -0.25) is 4.90 Å². The average Bonchev–Trinajstić information content (AvgIpc) is 2.65. The molecule has 1 aliphatic heterocycles. The number of rotatable bonds is 6. The van der Waals surface area contributed by atoms with Crippen molar-refractivity contribution in [2.24, 2.45) is 0 Å². The van der Waals surface area contributed by atoms with Gasteiger partial charge in [0.2, 0.25) is 0 Å². The molecule has 0 radical (unpaired) electrons. The third kappa shape index (κ3) is 5.51. The largest absolute Gasteiger partial charge is 0.416 e. The Balaban J connectivity index is 1.68. The first-order valence-electron chi connectivity index (χ1n) is 8.87. The molecule has 1 unspecified atom stereocenters. The van der Waals surface area contributed by atoms with E-state index in [4.69, 9.17) is 4.74 Å². The first-order chi connectivity index (χ1) is 12.9. The number of piperazine rings is 1. The molecule has 1 saturated heterocycles. The fourth-order valence-electron chi connectivity index (χ4n) is 3.27. The summed E-state index contributed by atoms with van der Waals surface area (Å²) in [6, 6.07) is 12.4. The lowest BCUT2D eigenvalue weighted by molar-refractivity contribution is -0.137. The minimum absolute atomic E-state index is 0.00365. The van der Waals surface area contributed by atoms with Crippen LogP contribution in [-0.4, -0.2) is 37.7 Å². The van der Waals surface area contributed by atoms with E-state index in [9.17, 15) is 17.6 Å². The fourth-order valence-corrected chi connectivity index (χ4v) is 3.27. The molecule has 3 nitrogen and oxygen atoms in total. The Bertz CT molecular complexity index is 731. The Kier molecular flexibility index (Phi) is 6.46. The molecule has 1 aliphatic rings. The summed E-state index contributed by atoms with van der Waals surface area (Å²) in [5.41, 5.74) is 0.270. The second-order valence-electron chi connectivity index (χ2n) is 6.57. The van der Waals surface area contributed by atoms with Crippen LogP contribution in [-0.2, 0) is 17.5 Å². The predicted molar refractivity (Wildman–Crippen MR) is 94.7 cm³/mol. The van der Waals surface area contributed by atoms with Crippen LogP contribution in [0.4, 0.5) is 17.6 Å². The van der Waals surface area contributed by atoms with Gasteiger partial charge in [0, 0.05) is 26.2 Å². The van der Waals surface area contributed by atoms with E-state index in [2.05, 4.69) is 10.2 Å². The predicted octanol–water partition coefficient (Wildman–Crippen LogP) is 4.01. The summed E-state index contributed by atoms with van der Waals surface area (Å²) in [7, 11) is 0. The fraction of sp³-hybridized carbons (Fsp3) is 0.400. The van der Waals surface area contributed by atoms with Gasteiger partial charge >= 0.3 is 6.18 Å². The SMILES string of the molecule is Fc1cc(COCC(c2ccccc2)N2CCNCC2)cc(C(F)(F)F)c1. The minimum atomic E-state index is -4.58. The molecule has 0 saturated carbocycles. The zero-order valence-electron chi connectivity index (χ0n) is 14.8. The van der Waals surface area contributed by atoms with Gasteiger partial charge in [0.15, 0.2) is 0 Å². The van der Waals surface area contributed by atoms with Crippen molar-refractivity contribution in [1.82, 2.24) is 10.2 Å². The van der Waals surface area contributed by atoms with Crippen molar-refractivity contribution < 1.29 is 22.3 Å². The van der Waals surface area contributed by atoms with Crippen LogP contribution in [0.1, 0.15) is 22.7 Å². The van der Waals surface area contributed by atoms with Crippen molar-refractivity contribution >= 4 is 0 Å². The van der Waals surface area contributed by atoms with E-state index in [1.54, 1.807) is 0 Å². The monoisotopic (exact) mass is 382 g/mol. The number of halogens is 4. The number of benzene rings is 2. The quantitative estimate of drug-likeness (QED) is 0.764. The molecule has 2 aromatic rings. The molecular weight excluding hydrogens is 360 g/mol. The summed E-state index contributed by atoms with van der Waals surface area (Å²) < 4.78 is 57.8. The Hall–Kier alpha value is -1.96. The summed E-state index contributed by atoms with van der Waals surface area (Å²) in [6.45, 7) is 3.73. The molecule has 0 spiro atoms. The van der Waals surface area contributed by atoms with Gasteiger partial charge in [-0.15, -0.1) is 0 Å². The van der Waals surface area contributed by atoms with Crippen LogP contribution in [0.3, 0.4) is 0 Å². The summed E-state index contributed by atoms with van der Waals surface area (Å²) in [5, 5.41) is 3.30. The zero-order valence-corrected chi connectivity index (χ0v) is 14.8. The maximum absolute atomic E-state index is 13.5. The summed E-state index contributed by atoms with van der Waals surface area (Å²) >= 11 is 0.